The van der Waals surface area contributed by atoms with Crippen molar-refractivity contribution in [2.24, 2.45) is 5.10 Å². The number of furan rings is 1. The molecule has 0 bridgehead atoms. The van der Waals surface area contributed by atoms with Gasteiger partial charge in [-0.3, -0.25) is 4.79 Å². The summed E-state index contributed by atoms with van der Waals surface area (Å²) in [5.74, 6) is 1.29. The molecule has 1 aliphatic heterocycles. The number of nitrogens with zero attached hydrogens (tertiary/aromatic N) is 2. The Morgan fingerprint density at radius 2 is 1.80 bits per heavy atom. The van der Waals surface area contributed by atoms with Gasteiger partial charge in [0.15, 0.2) is 0 Å². The van der Waals surface area contributed by atoms with E-state index in [1.54, 1.807) is 18.4 Å². The fraction of sp³-hybridized carbons (Fsp3) is 0.100. The molecule has 2 aromatic carbocycles. The van der Waals surface area contributed by atoms with Crippen molar-refractivity contribution in [2.45, 2.75) is 13.0 Å². The zero-order valence-electron chi connectivity index (χ0n) is 13.5. The Labute approximate surface area is 145 Å². The smallest absolute Gasteiger partial charge is 0.253 e. The van der Waals surface area contributed by atoms with E-state index in [4.69, 9.17) is 9.15 Å². The largest absolute Gasteiger partial charge is 0.489 e. The molecule has 1 amide bonds. The summed E-state index contributed by atoms with van der Waals surface area (Å²) in [6.07, 6.45) is 1.81. The molecule has 25 heavy (non-hydrogen) atoms. The zero-order chi connectivity index (χ0) is 17.1. The minimum Gasteiger partial charge on any atom is -0.489 e. The van der Waals surface area contributed by atoms with Gasteiger partial charge < -0.3 is 9.15 Å². The van der Waals surface area contributed by atoms with E-state index in [1.807, 2.05) is 54.6 Å². The van der Waals surface area contributed by atoms with E-state index >= 15 is 0 Å². The molecule has 0 atom stereocenters. The van der Waals surface area contributed by atoms with Crippen LogP contribution in [-0.2, 0) is 11.4 Å². The summed E-state index contributed by atoms with van der Waals surface area (Å²) in [7, 11) is 0. The number of carbonyl (C=O) groups excluding carboxylic acids is 1. The molecule has 0 unspecified atom stereocenters. The van der Waals surface area contributed by atoms with Crippen LogP contribution in [0.1, 0.15) is 17.7 Å². The van der Waals surface area contributed by atoms with Gasteiger partial charge in [-0.05, 0) is 42.0 Å². The van der Waals surface area contributed by atoms with Gasteiger partial charge in [-0.1, -0.05) is 30.3 Å². The number of amides is 1. The number of anilines is 1. The van der Waals surface area contributed by atoms with E-state index in [1.165, 1.54) is 5.01 Å². The third-order valence-corrected chi connectivity index (χ3v) is 3.91. The minimum absolute atomic E-state index is 0.0793. The van der Waals surface area contributed by atoms with Gasteiger partial charge >= 0.3 is 0 Å². The lowest BCUT2D eigenvalue weighted by molar-refractivity contribution is -0.116. The first kappa shape index (κ1) is 15.2. The molecule has 124 valence electrons. The second-order valence-corrected chi connectivity index (χ2v) is 5.67. The standard InChI is InChI=1S/C20H16N2O3/c23-20-13-18(19-7-4-12-24-19)21-22(20)16-8-10-17(11-9-16)25-14-15-5-2-1-3-6-15/h1-12H,13-14H2. The van der Waals surface area contributed by atoms with Crippen molar-refractivity contribution in [2.75, 3.05) is 5.01 Å². The fourth-order valence-electron chi connectivity index (χ4n) is 2.64. The van der Waals surface area contributed by atoms with Crippen molar-refractivity contribution in [3.05, 3.63) is 84.3 Å². The van der Waals surface area contributed by atoms with Crippen LogP contribution in [-0.4, -0.2) is 11.6 Å². The maximum absolute atomic E-state index is 12.2. The van der Waals surface area contributed by atoms with Gasteiger partial charge in [0.2, 0.25) is 0 Å². The first-order valence-corrected chi connectivity index (χ1v) is 8.01. The normalized spacial score (nSPS) is 13.8. The molecule has 4 rings (SSSR count). The highest BCUT2D eigenvalue weighted by molar-refractivity contribution is 6.18. The summed E-state index contributed by atoms with van der Waals surface area (Å²) in [6, 6.07) is 20.9. The molecule has 1 aromatic heterocycles. The van der Waals surface area contributed by atoms with Crippen molar-refractivity contribution in [3.8, 4) is 5.75 Å². The Hall–Kier alpha value is -3.34. The summed E-state index contributed by atoms with van der Waals surface area (Å²) in [4.78, 5) is 12.2. The van der Waals surface area contributed by atoms with Crippen molar-refractivity contribution < 1.29 is 13.9 Å². The average molecular weight is 332 g/mol. The van der Waals surface area contributed by atoms with Crippen molar-refractivity contribution >= 4 is 17.3 Å². The van der Waals surface area contributed by atoms with Crippen LogP contribution in [0.25, 0.3) is 0 Å². The van der Waals surface area contributed by atoms with Crippen LogP contribution in [0.3, 0.4) is 0 Å². The fourth-order valence-corrected chi connectivity index (χ4v) is 2.64. The molecular weight excluding hydrogens is 316 g/mol. The monoisotopic (exact) mass is 332 g/mol. The van der Waals surface area contributed by atoms with Gasteiger partial charge in [0.25, 0.3) is 5.91 Å². The van der Waals surface area contributed by atoms with E-state index in [-0.39, 0.29) is 12.3 Å². The second kappa shape index (κ2) is 6.65. The van der Waals surface area contributed by atoms with E-state index in [0.717, 1.165) is 11.3 Å². The quantitative estimate of drug-likeness (QED) is 0.709. The summed E-state index contributed by atoms with van der Waals surface area (Å²) >= 11 is 0. The van der Waals surface area contributed by atoms with E-state index in [2.05, 4.69) is 5.10 Å². The first-order valence-electron chi connectivity index (χ1n) is 8.01. The molecule has 5 heteroatoms. The lowest BCUT2D eigenvalue weighted by Crippen LogP contribution is -2.19. The lowest BCUT2D eigenvalue weighted by Gasteiger charge is -2.12. The first-order chi connectivity index (χ1) is 12.3. The Balaban J connectivity index is 1.46. The second-order valence-electron chi connectivity index (χ2n) is 5.67. The summed E-state index contributed by atoms with van der Waals surface area (Å²) in [5, 5.41) is 5.77. The van der Waals surface area contributed by atoms with Crippen LogP contribution in [0, 0.1) is 0 Å². The highest BCUT2D eigenvalue weighted by atomic mass is 16.5. The number of hydrogen-bond donors (Lipinski definition) is 0. The van der Waals surface area contributed by atoms with Crippen LogP contribution in [0.2, 0.25) is 0 Å². The predicted octanol–water partition coefficient (Wildman–Crippen LogP) is 4.00. The molecule has 0 saturated carbocycles. The van der Waals surface area contributed by atoms with Gasteiger partial charge in [0.1, 0.15) is 23.8 Å². The number of ether oxygens (including phenoxy) is 1. The van der Waals surface area contributed by atoms with Crippen LogP contribution in [0.4, 0.5) is 5.69 Å². The Morgan fingerprint density at radius 3 is 2.52 bits per heavy atom. The van der Waals surface area contributed by atoms with Gasteiger partial charge in [-0.2, -0.15) is 5.10 Å². The molecule has 0 spiro atoms. The molecule has 3 aromatic rings. The third kappa shape index (κ3) is 3.30. The maximum atomic E-state index is 12.2. The lowest BCUT2D eigenvalue weighted by atomic mass is 10.2. The van der Waals surface area contributed by atoms with Gasteiger partial charge in [-0.25, -0.2) is 5.01 Å². The minimum atomic E-state index is -0.0793. The van der Waals surface area contributed by atoms with Gasteiger partial charge in [-0.15, -0.1) is 0 Å². The number of rotatable bonds is 5. The molecule has 0 saturated heterocycles. The van der Waals surface area contributed by atoms with Crippen molar-refractivity contribution in [3.63, 3.8) is 0 Å². The van der Waals surface area contributed by atoms with E-state index in [9.17, 15) is 4.79 Å². The third-order valence-electron chi connectivity index (χ3n) is 3.91. The van der Waals surface area contributed by atoms with Gasteiger partial charge in [0, 0.05) is 0 Å². The number of hydrogen-bond acceptors (Lipinski definition) is 4. The highest BCUT2D eigenvalue weighted by Crippen LogP contribution is 2.25. The molecule has 0 aliphatic carbocycles. The summed E-state index contributed by atoms with van der Waals surface area (Å²) in [5.41, 5.74) is 2.45. The summed E-state index contributed by atoms with van der Waals surface area (Å²) < 4.78 is 11.1. The van der Waals surface area contributed by atoms with Crippen molar-refractivity contribution in [1.82, 2.24) is 0 Å². The molecule has 0 N–H and O–H groups in total. The highest BCUT2D eigenvalue weighted by Gasteiger charge is 2.27. The Kier molecular flexibility index (Phi) is 4.04. The SMILES string of the molecule is O=C1CC(c2ccco2)=NN1c1ccc(OCc2ccccc2)cc1. The number of carbonyl (C=O) groups is 1. The van der Waals surface area contributed by atoms with Gasteiger partial charge in [0.05, 0.1) is 18.4 Å². The molecule has 5 nitrogen and oxygen atoms in total. The van der Waals surface area contributed by atoms with Crippen LogP contribution in [0.5, 0.6) is 5.75 Å². The van der Waals surface area contributed by atoms with E-state index < -0.39 is 0 Å². The number of benzene rings is 2. The van der Waals surface area contributed by atoms with E-state index in [0.29, 0.717) is 23.8 Å². The molecular formula is C20H16N2O3. The molecule has 2 heterocycles. The van der Waals surface area contributed by atoms with Crippen LogP contribution < -0.4 is 9.75 Å². The molecule has 0 radical (unpaired) electrons. The maximum Gasteiger partial charge on any atom is 0.253 e. The molecule has 1 aliphatic rings. The number of hydrazone groups is 1. The average Bonchev–Trinajstić information content (AvgIpc) is 3.31. The predicted molar refractivity (Wildman–Crippen MR) is 94.6 cm³/mol. The zero-order valence-corrected chi connectivity index (χ0v) is 13.5. The molecule has 0 fully saturated rings. The summed E-state index contributed by atoms with van der Waals surface area (Å²) in [6.45, 7) is 0.504. The topological polar surface area (TPSA) is 55.0 Å². The van der Waals surface area contributed by atoms with Crippen LogP contribution >= 0.6 is 0 Å². The van der Waals surface area contributed by atoms with Crippen molar-refractivity contribution in [1.29, 1.82) is 0 Å². The Morgan fingerprint density at radius 1 is 1.00 bits per heavy atom. The van der Waals surface area contributed by atoms with Crippen LogP contribution in [0.15, 0.2) is 82.5 Å². The Bertz CT molecular complexity index is 884.